The molecular formula is C10H20N4O3. The maximum atomic E-state index is 11.7. The molecule has 0 aromatic heterocycles. The monoisotopic (exact) mass is 244 g/mol. The zero-order valence-electron chi connectivity index (χ0n) is 10.2. The zero-order valence-corrected chi connectivity index (χ0v) is 10.2. The van der Waals surface area contributed by atoms with Gasteiger partial charge in [0.1, 0.15) is 0 Å². The summed E-state index contributed by atoms with van der Waals surface area (Å²) in [7, 11) is 0. The Labute approximate surface area is 100 Å². The van der Waals surface area contributed by atoms with Gasteiger partial charge >= 0.3 is 0 Å². The van der Waals surface area contributed by atoms with Crippen LogP contribution in [0.5, 0.6) is 0 Å². The Morgan fingerprint density at radius 2 is 1.65 bits per heavy atom. The largest absolute Gasteiger partial charge is 0.368 e. The van der Waals surface area contributed by atoms with E-state index in [0.717, 1.165) is 11.3 Å². The van der Waals surface area contributed by atoms with Gasteiger partial charge in [-0.2, -0.15) is 0 Å². The molecule has 0 aliphatic rings. The highest BCUT2D eigenvalue weighted by molar-refractivity contribution is 5.88. The van der Waals surface area contributed by atoms with Crippen molar-refractivity contribution < 1.29 is 14.4 Å². The van der Waals surface area contributed by atoms with Gasteiger partial charge in [0.15, 0.2) is 0 Å². The number of rotatable bonds is 8. The van der Waals surface area contributed by atoms with Crippen LogP contribution in [0.4, 0.5) is 0 Å². The lowest BCUT2D eigenvalue weighted by Gasteiger charge is -2.20. The van der Waals surface area contributed by atoms with Crippen molar-refractivity contribution in [3.63, 3.8) is 0 Å². The van der Waals surface area contributed by atoms with Crippen LogP contribution < -0.4 is 16.8 Å². The number of hydrogen-bond acceptors (Lipinski definition) is 4. The fourth-order valence-electron chi connectivity index (χ4n) is 1.13. The van der Waals surface area contributed by atoms with E-state index in [-0.39, 0.29) is 31.6 Å². The second kappa shape index (κ2) is 7.61. The quantitative estimate of drug-likeness (QED) is 0.465. The van der Waals surface area contributed by atoms with Crippen molar-refractivity contribution in [2.24, 2.45) is 11.5 Å². The SMILES string of the molecule is CCC(C)NCC(=O)N(CC(N)=O)CC(N)=O. The molecule has 0 radical (unpaired) electrons. The smallest absolute Gasteiger partial charge is 0.237 e. The minimum absolute atomic E-state index is 0.0512. The van der Waals surface area contributed by atoms with Crippen LogP contribution in [-0.2, 0) is 14.4 Å². The molecule has 3 amide bonds. The first-order chi connectivity index (χ1) is 7.86. The predicted octanol–water partition coefficient (Wildman–Crippen LogP) is -1.83. The number of nitrogens with one attached hydrogen (secondary N) is 1. The first kappa shape index (κ1) is 15.4. The van der Waals surface area contributed by atoms with Gasteiger partial charge in [0, 0.05) is 6.04 Å². The van der Waals surface area contributed by atoms with Crippen LogP contribution in [0.2, 0.25) is 0 Å². The fraction of sp³-hybridized carbons (Fsp3) is 0.700. The number of carbonyl (C=O) groups excluding carboxylic acids is 3. The average molecular weight is 244 g/mol. The van der Waals surface area contributed by atoms with Gasteiger partial charge in [0.25, 0.3) is 0 Å². The van der Waals surface area contributed by atoms with Crippen LogP contribution >= 0.6 is 0 Å². The average Bonchev–Trinajstić information content (AvgIpc) is 2.23. The molecule has 1 unspecified atom stereocenters. The summed E-state index contributed by atoms with van der Waals surface area (Å²) in [6, 6.07) is 0.183. The Hall–Kier alpha value is -1.63. The third kappa shape index (κ3) is 7.29. The van der Waals surface area contributed by atoms with E-state index in [1.165, 1.54) is 0 Å². The van der Waals surface area contributed by atoms with Crippen LogP contribution in [0.3, 0.4) is 0 Å². The molecule has 7 heteroatoms. The molecule has 0 aliphatic carbocycles. The summed E-state index contributed by atoms with van der Waals surface area (Å²) >= 11 is 0. The van der Waals surface area contributed by atoms with Crippen molar-refractivity contribution in [2.45, 2.75) is 26.3 Å². The molecule has 98 valence electrons. The van der Waals surface area contributed by atoms with E-state index < -0.39 is 11.8 Å². The Kier molecular flexibility index (Phi) is 6.88. The van der Waals surface area contributed by atoms with Gasteiger partial charge in [-0.25, -0.2) is 0 Å². The Morgan fingerprint density at radius 3 is 2.00 bits per heavy atom. The highest BCUT2D eigenvalue weighted by atomic mass is 16.2. The molecule has 0 aromatic carbocycles. The number of hydrogen-bond donors (Lipinski definition) is 3. The topological polar surface area (TPSA) is 119 Å². The summed E-state index contributed by atoms with van der Waals surface area (Å²) in [5.41, 5.74) is 9.97. The number of nitrogens with two attached hydrogens (primary N) is 2. The van der Waals surface area contributed by atoms with E-state index in [1.54, 1.807) is 0 Å². The second-order valence-electron chi connectivity index (χ2n) is 3.87. The molecule has 0 spiro atoms. The number of carbonyl (C=O) groups is 3. The first-order valence-electron chi connectivity index (χ1n) is 5.44. The van der Waals surface area contributed by atoms with Crippen molar-refractivity contribution >= 4 is 17.7 Å². The number of nitrogens with zero attached hydrogens (tertiary/aromatic N) is 1. The van der Waals surface area contributed by atoms with Gasteiger partial charge in [-0.15, -0.1) is 0 Å². The van der Waals surface area contributed by atoms with E-state index in [2.05, 4.69) is 5.32 Å². The molecule has 1 atom stereocenters. The van der Waals surface area contributed by atoms with Gasteiger partial charge in [-0.05, 0) is 13.3 Å². The van der Waals surface area contributed by atoms with Gasteiger partial charge in [0.2, 0.25) is 17.7 Å². The molecular weight excluding hydrogens is 224 g/mol. The van der Waals surface area contributed by atoms with Crippen molar-refractivity contribution in [1.29, 1.82) is 0 Å². The van der Waals surface area contributed by atoms with Gasteiger partial charge in [-0.3, -0.25) is 14.4 Å². The van der Waals surface area contributed by atoms with E-state index in [0.29, 0.717) is 0 Å². The van der Waals surface area contributed by atoms with Crippen LogP contribution in [0.25, 0.3) is 0 Å². The normalized spacial score (nSPS) is 11.9. The van der Waals surface area contributed by atoms with Crippen molar-refractivity contribution in [3.05, 3.63) is 0 Å². The lowest BCUT2D eigenvalue weighted by Crippen LogP contribution is -2.47. The minimum Gasteiger partial charge on any atom is -0.368 e. The second-order valence-corrected chi connectivity index (χ2v) is 3.87. The molecule has 0 saturated carbocycles. The summed E-state index contributed by atoms with van der Waals surface area (Å²) in [5.74, 6) is -1.73. The number of primary amides is 2. The van der Waals surface area contributed by atoms with Gasteiger partial charge in [0.05, 0.1) is 19.6 Å². The Bertz CT molecular complexity index is 277. The van der Waals surface area contributed by atoms with Crippen molar-refractivity contribution in [3.8, 4) is 0 Å². The van der Waals surface area contributed by atoms with E-state index in [1.807, 2.05) is 13.8 Å². The third-order valence-electron chi connectivity index (χ3n) is 2.26. The van der Waals surface area contributed by atoms with E-state index >= 15 is 0 Å². The molecule has 0 fully saturated rings. The van der Waals surface area contributed by atoms with E-state index in [9.17, 15) is 14.4 Å². The molecule has 0 rings (SSSR count). The van der Waals surface area contributed by atoms with Gasteiger partial charge in [-0.1, -0.05) is 6.92 Å². The zero-order chi connectivity index (χ0) is 13.4. The van der Waals surface area contributed by atoms with Crippen molar-refractivity contribution in [2.75, 3.05) is 19.6 Å². The summed E-state index contributed by atoms with van der Waals surface area (Å²) in [4.78, 5) is 34.2. The molecule has 0 aliphatic heterocycles. The predicted molar refractivity (Wildman–Crippen MR) is 62.7 cm³/mol. The molecule has 0 aromatic rings. The van der Waals surface area contributed by atoms with Crippen LogP contribution in [0, 0.1) is 0 Å². The highest BCUT2D eigenvalue weighted by Crippen LogP contribution is 1.91. The lowest BCUT2D eigenvalue weighted by molar-refractivity contribution is -0.137. The summed E-state index contributed by atoms with van der Waals surface area (Å²) in [6.45, 7) is 3.36. The standard InChI is InChI=1S/C10H20N4O3/c1-3-7(2)13-4-10(17)14(5-8(11)15)6-9(12)16/h7,13H,3-6H2,1-2H3,(H2,11,15)(H2,12,16). The van der Waals surface area contributed by atoms with Crippen molar-refractivity contribution in [1.82, 2.24) is 10.2 Å². The lowest BCUT2D eigenvalue weighted by atomic mass is 10.2. The van der Waals surface area contributed by atoms with Gasteiger partial charge < -0.3 is 21.7 Å². The van der Waals surface area contributed by atoms with Crippen LogP contribution in [-0.4, -0.2) is 48.3 Å². The third-order valence-corrected chi connectivity index (χ3v) is 2.26. The first-order valence-corrected chi connectivity index (χ1v) is 5.44. The summed E-state index contributed by atoms with van der Waals surface area (Å²) < 4.78 is 0. The maximum absolute atomic E-state index is 11.7. The minimum atomic E-state index is -0.678. The fourth-order valence-corrected chi connectivity index (χ4v) is 1.13. The number of amides is 3. The molecule has 0 saturated heterocycles. The molecule has 7 nitrogen and oxygen atoms in total. The summed E-state index contributed by atoms with van der Waals surface area (Å²) in [5, 5.41) is 2.96. The highest BCUT2D eigenvalue weighted by Gasteiger charge is 2.17. The Morgan fingerprint density at radius 1 is 1.18 bits per heavy atom. The van der Waals surface area contributed by atoms with Crippen LogP contribution in [0.1, 0.15) is 20.3 Å². The molecule has 17 heavy (non-hydrogen) atoms. The summed E-state index contributed by atoms with van der Waals surface area (Å²) in [6.07, 6.45) is 0.874. The Balaban J connectivity index is 4.31. The molecule has 5 N–H and O–H groups in total. The maximum Gasteiger partial charge on any atom is 0.237 e. The molecule has 0 bridgehead atoms. The van der Waals surface area contributed by atoms with E-state index in [4.69, 9.17) is 11.5 Å². The molecule has 0 heterocycles. The van der Waals surface area contributed by atoms with Crippen LogP contribution in [0.15, 0.2) is 0 Å².